The molecule has 2 N–H and O–H groups in total. The normalized spacial score (nSPS) is 20.7. The Morgan fingerprint density at radius 1 is 1.21 bits per heavy atom. The van der Waals surface area contributed by atoms with Crippen LogP contribution in [-0.2, 0) is 0 Å². The Balaban J connectivity index is 2.16. The second-order valence-electron chi connectivity index (χ2n) is 5.65. The lowest BCUT2D eigenvalue weighted by Gasteiger charge is -2.33. The summed E-state index contributed by atoms with van der Waals surface area (Å²) in [6.45, 7) is 5.03. The summed E-state index contributed by atoms with van der Waals surface area (Å²) in [5.41, 5.74) is 5.56. The molecular formula is C14H27F3N2. The molecular weight excluding hydrogens is 253 g/mol. The number of likely N-dealkylation sites (tertiary alicyclic amines) is 1. The van der Waals surface area contributed by atoms with E-state index in [1.807, 2.05) is 0 Å². The molecule has 0 radical (unpaired) electrons. The maximum absolute atomic E-state index is 12.5. The van der Waals surface area contributed by atoms with Crippen LogP contribution >= 0.6 is 0 Å². The van der Waals surface area contributed by atoms with Gasteiger partial charge in [0.05, 0.1) is 5.92 Å². The van der Waals surface area contributed by atoms with E-state index < -0.39 is 12.1 Å². The number of hydrogen-bond donors (Lipinski definition) is 1. The predicted octanol–water partition coefficient (Wildman–Crippen LogP) is 3.42. The summed E-state index contributed by atoms with van der Waals surface area (Å²) in [6, 6.07) is 0. The third-order valence-electron chi connectivity index (χ3n) is 4.29. The number of halogens is 3. The summed E-state index contributed by atoms with van der Waals surface area (Å²) in [5, 5.41) is 0. The summed E-state index contributed by atoms with van der Waals surface area (Å²) < 4.78 is 37.6. The first kappa shape index (κ1) is 16.8. The lowest BCUT2D eigenvalue weighted by Crippen LogP contribution is -2.39. The third kappa shape index (κ3) is 6.13. The molecule has 0 aromatic carbocycles. The van der Waals surface area contributed by atoms with Gasteiger partial charge in [0.15, 0.2) is 0 Å². The Bertz CT molecular complexity index is 235. The number of alkyl halides is 3. The molecule has 0 aromatic heterocycles. The molecule has 1 fully saturated rings. The van der Waals surface area contributed by atoms with Crippen molar-refractivity contribution in [2.75, 3.05) is 26.2 Å². The van der Waals surface area contributed by atoms with Crippen LogP contribution in [0.5, 0.6) is 0 Å². The fourth-order valence-electron chi connectivity index (χ4n) is 2.88. The average molecular weight is 280 g/mol. The van der Waals surface area contributed by atoms with E-state index in [1.54, 1.807) is 0 Å². The zero-order valence-corrected chi connectivity index (χ0v) is 11.9. The van der Waals surface area contributed by atoms with Gasteiger partial charge in [-0.2, -0.15) is 13.2 Å². The summed E-state index contributed by atoms with van der Waals surface area (Å²) >= 11 is 0. The molecule has 19 heavy (non-hydrogen) atoms. The third-order valence-corrected chi connectivity index (χ3v) is 4.29. The maximum atomic E-state index is 12.5. The number of nitrogens with two attached hydrogens (primary N) is 1. The van der Waals surface area contributed by atoms with Gasteiger partial charge in [-0.1, -0.05) is 13.3 Å². The van der Waals surface area contributed by atoms with Gasteiger partial charge in [0.25, 0.3) is 0 Å². The van der Waals surface area contributed by atoms with Gasteiger partial charge in [-0.3, -0.25) is 0 Å². The molecule has 0 bridgehead atoms. The quantitative estimate of drug-likeness (QED) is 0.774. The number of hydrogen-bond acceptors (Lipinski definition) is 2. The van der Waals surface area contributed by atoms with E-state index in [1.165, 1.54) is 0 Å². The van der Waals surface area contributed by atoms with E-state index in [0.717, 1.165) is 38.8 Å². The lowest BCUT2D eigenvalue weighted by atomic mass is 9.94. The molecule has 0 aliphatic carbocycles. The zero-order valence-electron chi connectivity index (χ0n) is 11.9. The van der Waals surface area contributed by atoms with Crippen molar-refractivity contribution in [2.45, 2.75) is 51.6 Å². The Morgan fingerprint density at radius 3 is 2.32 bits per heavy atom. The van der Waals surface area contributed by atoms with E-state index in [2.05, 4.69) is 11.8 Å². The minimum atomic E-state index is -4.00. The molecule has 1 unspecified atom stereocenters. The van der Waals surface area contributed by atoms with E-state index in [4.69, 9.17) is 5.73 Å². The fraction of sp³-hybridized carbons (Fsp3) is 1.00. The van der Waals surface area contributed by atoms with Crippen LogP contribution in [0.2, 0.25) is 0 Å². The number of nitrogens with zero attached hydrogens (tertiary/aromatic N) is 1. The van der Waals surface area contributed by atoms with Gasteiger partial charge in [0.2, 0.25) is 0 Å². The van der Waals surface area contributed by atoms with Crippen molar-refractivity contribution < 1.29 is 13.2 Å². The highest BCUT2D eigenvalue weighted by atomic mass is 19.4. The van der Waals surface area contributed by atoms with Crippen LogP contribution in [0.15, 0.2) is 0 Å². The van der Waals surface area contributed by atoms with Gasteiger partial charge in [-0.05, 0) is 64.2 Å². The minimum Gasteiger partial charge on any atom is -0.330 e. The molecule has 1 heterocycles. The van der Waals surface area contributed by atoms with Crippen molar-refractivity contribution >= 4 is 0 Å². The molecule has 1 rings (SSSR count). The molecule has 2 nitrogen and oxygen atoms in total. The Kier molecular flexibility index (Phi) is 7.15. The molecule has 1 aliphatic rings. The van der Waals surface area contributed by atoms with Crippen LogP contribution < -0.4 is 5.73 Å². The molecule has 0 spiro atoms. The van der Waals surface area contributed by atoms with Crippen LogP contribution in [0.4, 0.5) is 13.2 Å². The maximum Gasteiger partial charge on any atom is 0.391 e. The van der Waals surface area contributed by atoms with E-state index in [9.17, 15) is 13.2 Å². The molecule has 0 aromatic rings. The van der Waals surface area contributed by atoms with Crippen molar-refractivity contribution in [1.82, 2.24) is 4.90 Å². The summed E-state index contributed by atoms with van der Waals surface area (Å²) in [6.07, 6.45) is 0.968. The first-order valence-electron chi connectivity index (χ1n) is 7.46. The van der Waals surface area contributed by atoms with Gasteiger partial charge < -0.3 is 10.6 Å². The summed E-state index contributed by atoms with van der Waals surface area (Å²) in [5.74, 6) is -0.401. The SMILES string of the molecule is CCC(CCN)CCCN1CCC(C(F)(F)F)CC1. The molecule has 1 atom stereocenters. The van der Waals surface area contributed by atoms with E-state index in [0.29, 0.717) is 19.0 Å². The van der Waals surface area contributed by atoms with Crippen LogP contribution in [0.3, 0.4) is 0 Å². The van der Waals surface area contributed by atoms with Gasteiger partial charge in [0, 0.05) is 0 Å². The molecule has 1 saturated heterocycles. The van der Waals surface area contributed by atoms with Gasteiger partial charge in [-0.25, -0.2) is 0 Å². The summed E-state index contributed by atoms with van der Waals surface area (Å²) in [7, 11) is 0. The van der Waals surface area contributed by atoms with Gasteiger partial charge >= 0.3 is 6.18 Å². The van der Waals surface area contributed by atoms with Crippen molar-refractivity contribution in [3.63, 3.8) is 0 Å². The zero-order chi connectivity index (χ0) is 14.3. The fourth-order valence-corrected chi connectivity index (χ4v) is 2.88. The second-order valence-corrected chi connectivity index (χ2v) is 5.65. The monoisotopic (exact) mass is 280 g/mol. The average Bonchev–Trinajstić information content (AvgIpc) is 2.37. The largest absolute Gasteiger partial charge is 0.391 e. The smallest absolute Gasteiger partial charge is 0.330 e. The second kappa shape index (κ2) is 8.10. The molecule has 5 heteroatoms. The van der Waals surface area contributed by atoms with Crippen molar-refractivity contribution in [3.05, 3.63) is 0 Å². The van der Waals surface area contributed by atoms with E-state index in [-0.39, 0.29) is 12.8 Å². The lowest BCUT2D eigenvalue weighted by molar-refractivity contribution is -0.185. The van der Waals surface area contributed by atoms with Crippen molar-refractivity contribution in [2.24, 2.45) is 17.6 Å². The highest BCUT2D eigenvalue weighted by molar-refractivity contribution is 4.77. The molecule has 0 amide bonds. The minimum absolute atomic E-state index is 0.267. The van der Waals surface area contributed by atoms with Crippen LogP contribution in [0, 0.1) is 11.8 Å². The highest BCUT2D eigenvalue weighted by Gasteiger charge is 2.40. The van der Waals surface area contributed by atoms with Crippen LogP contribution in [0.1, 0.15) is 45.4 Å². The number of rotatable bonds is 7. The predicted molar refractivity (Wildman–Crippen MR) is 71.9 cm³/mol. The molecule has 1 aliphatic heterocycles. The van der Waals surface area contributed by atoms with Crippen molar-refractivity contribution in [1.29, 1.82) is 0 Å². The Labute approximate surface area is 114 Å². The topological polar surface area (TPSA) is 29.3 Å². The first-order valence-corrected chi connectivity index (χ1v) is 7.46. The van der Waals surface area contributed by atoms with Crippen molar-refractivity contribution in [3.8, 4) is 0 Å². The van der Waals surface area contributed by atoms with Gasteiger partial charge in [-0.15, -0.1) is 0 Å². The standard InChI is InChI=1S/C14H27F3N2/c1-2-12(5-8-18)4-3-9-19-10-6-13(7-11-19)14(15,16)17/h12-13H,2-11,18H2,1H3. The Hall–Kier alpha value is -0.290. The molecule has 114 valence electrons. The Morgan fingerprint density at radius 2 is 1.84 bits per heavy atom. The number of piperidine rings is 1. The van der Waals surface area contributed by atoms with Crippen LogP contribution in [-0.4, -0.2) is 37.3 Å². The van der Waals surface area contributed by atoms with Crippen LogP contribution in [0.25, 0.3) is 0 Å². The van der Waals surface area contributed by atoms with Gasteiger partial charge in [0.1, 0.15) is 0 Å². The molecule has 0 saturated carbocycles. The first-order chi connectivity index (χ1) is 8.97. The summed E-state index contributed by atoms with van der Waals surface area (Å²) in [4.78, 5) is 2.18. The van der Waals surface area contributed by atoms with E-state index >= 15 is 0 Å². The highest BCUT2D eigenvalue weighted by Crippen LogP contribution is 2.34.